The van der Waals surface area contributed by atoms with E-state index >= 15 is 0 Å². The SMILES string of the molecule is CNC1C(=O)N(C2CCC3CC3C2)CCc2ncsc21. The van der Waals surface area contributed by atoms with Crippen molar-refractivity contribution in [3.63, 3.8) is 0 Å². The van der Waals surface area contributed by atoms with Gasteiger partial charge >= 0.3 is 0 Å². The summed E-state index contributed by atoms with van der Waals surface area (Å²) in [4.78, 5) is 20.6. The second kappa shape index (κ2) is 4.81. The van der Waals surface area contributed by atoms with Crippen LogP contribution in [0.4, 0.5) is 0 Å². The molecule has 108 valence electrons. The fourth-order valence-corrected chi connectivity index (χ4v) is 4.98. The Morgan fingerprint density at radius 2 is 2.25 bits per heavy atom. The number of carbonyl (C=O) groups excluding carboxylic acids is 1. The third kappa shape index (κ3) is 1.99. The number of thiazole rings is 1. The van der Waals surface area contributed by atoms with Crippen LogP contribution in [0, 0.1) is 11.8 Å². The number of hydrogen-bond donors (Lipinski definition) is 1. The molecule has 2 aliphatic carbocycles. The summed E-state index contributed by atoms with van der Waals surface area (Å²) < 4.78 is 0. The highest BCUT2D eigenvalue weighted by atomic mass is 32.1. The molecule has 2 heterocycles. The van der Waals surface area contributed by atoms with Gasteiger partial charge < -0.3 is 10.2 Å². The Balaban J connectivity index is 1.59. The number of likely N-dealkylation sites (N-methyl/N-ethyl adjacent to an activating group) is 1. The quantitative estimate of drug-likeness (QED) is 0.906. The highest BCUT2D eigenvalue weighted by Crippen LogP contribution is 2.50. The van der Waals surface area contributed by atoms with Crippen molar-refractivity contribution in [2.24, 2.45) is 11.8 Å². The molecule has 1 aliphatic heterocycles. The average Bonchev–Trinajstić information content (AvgIpc) is 3.12. The molecule has 2 saturated carbocycles. The van der Waals surface area contributed by atoms with Crippen LogP contribution in [0.3, 0.4) is 0 Å². The van der Waals surface area contributed by atoms with Crippen LogP contribution in [-0.2, 0) is 11.2 Å². The lowest BCUT2D eigenvalue weighted by molar-refractivity contribution is -0.136. The maximum atomic E-state index is 12.9. The maximum Gasteiger partial charge on any atom is 0.245 e. The van der Waals surface area contributed by atoms with Crippen molar-refractivity contribution in [1.82, 2.24) is 15.2 Å². The summed E-state index contributed by atoms with van der Waals surface area (Å²) in [6.07, 6.45) is 6.07. The van der Waals surface area contributed by atoms with E-state index in [1.165, 1.54) is 25.7 Å². The van der Waals surface area contributed by atoms with Crippen LogP contribution in [0.5, 0.6) is 0 Å². The van der Waals surface area contributed by atoms with E-state index in [4.69, 9.17) is 0 Å². The minimum absolute atomic E-state index is 0.183. The molecule has 1 aromatic rings. The van der Waals surface area contributed by atoms with E-state index in [1.54, 1.807) is 11.3 Å². The molecule has 3 aliphatic rings. The van der Waals surface area contributed by atoms with E-state index in [0.29, 0.717) is 6.04 Å². The molecule has 4 rings (SSSR count). The van der Waals surface area contributed by atoms with Crippen molar-refractivity contribution in [2.75, 3.05) is 13.6 Å². The summed E-state index contributed by atoms with van der Waals surface area (Å²) in [6, 6.07) is 0.285. The standard InChI is InChI=1S/C15H21N3OS/c1-16-13-14-12(17-8-20-14)4-5-18(15(13)19)11-3-2-9-6-10(9)7-11/h8-11,13,16H,2-7H2,1H3. The summed E-state index contributed by atoms with van der Waals surface area (Å²) >= 11 is 1.61. The van der Waals surface area contributed by atoms with Gasteiger partial charge in [-0.25, -0.2) is 4.98 Å². The number of aromatic nitrogens is 1. The Labute approximate surface area is 123 Å². The number of hydrogen-bond acceptors (Lipinski definition) is 4. The number of nitrogens with one attached hydrogen (secondary N) is 1. The number of rotatable bonds is 2. The molecule has 1 N–H and O–H groups in total. The average molecular weight is 291 g/mol. The fraction of sp³-hybridized carbons (Fsp3) is 0.733. The van der Waals surface area contributed by atoms with Crippen LogP contribution in [0.1, 0.15) is 42.3 Å². The van der Waals surface area contributed by atoms with Gasteiger partial charge in [0.15, 0.2) is 0 Å². The van der Waals surface area contributed by atoms with Gasteiger partial charge in [-0.1, -0.05) is 0 Å². The Morgan fingerprint density at radius 3 is 3.05 bits per heavy atom. The largest absolute Gasteiger partial charge is 0.338 e. The van der Waals surface area contributed by atoms with Gasteiger partial charge in [0.05, 0.1) is 16.1 Å². The number of amides is 1. The summed E-state index contributed by atoms with van der Waals surface area (Å²) in [6.45, 7) is 0.843. The molecular weight excluding hydrogens is 270 g/mol. The Bertz CT molecular complexity index is 529. The predicted octanol–water partition coefficient (Wildman–Crippen LogP) is 1.98. The second-order valence-electron chi connectivity index (χ2n) is 6.39. The van der Waals surface area contributed by atoms with E-state index in [-0.39, 0.29) is 11.9 Å². The van der Waals surface area contributed by atoms with Gasteiger partial charge in [-0.2, -0.15) is 0 Å². The van der Waals surface area contributed by atoms with E-state index in [1.807, 2.05) is 12.6 Å². The van der Waals surface area contributed by atoms with Crippen molar-refractivity contribution in [1.29, 1.82) is 0 Å². The normalized spacial score (nSPS) is 36.2. The van der Waals surface area contributed by atoms with Gasteiger partial charge in [-0.3, -0.25) is 4.79 Å². The van der Waals surface area contributed by atoms with Crippen molar-refractivity contribution < 1.29 is 4.79 Å². The highest BCUT2D eigenvalue weighted by molar-refractivity contribution is 7.10. The van der Waals surface area contributed by atoms with Gasteiger partial charge in [-0.05, 0) is 44.6 Å². The molecule has 0 aromatic carbocycles. The first-order valence-electron chi connectivity index (χ1n) is 7.68. The van der Waals surface area contributed by atoms with Crippen molar-refractivity contribution in [2.45, 2.75) is 44.2 Å². The van der Waals surface area contributed by atoms with Crippen LogP contribution < -0.4 is 5.32 Å². The Kier molecular flexibility index (Phi) is 3.07. The van der Waals surface area contributed by atoms with Crippen LogP contribution in [0.25, 0.3) is 0 Å². The van der Waals surface area contributed by atoms with Crippen molar-refractivity contribution in [3.05, 3.63) is 16.1 Å². The third-order valence-electron chi connectivity index (χ3n) is 5.30. The number of nitrogens with zero attached hydrogens (tertiary/aromatic N) is 2. The zero-order valence-electron chi connectivity index (χ0n) is 11.8. The molecule has 0 saturated heterocycles. The van der Waals surface area contributed by atoms with Crippen LogP contribution in [-0.4, -0.2) is 35.4 Å². The summed E-state index contributed by atoms with van der Waals surface area (Å²) in [5.74, 6) is 2.15. The molecule has 0 radical (unpaired) electrons. The molecule has 20 heavy (non-hydrogen) atoms. The summed E-state index contributed by atoms with van der Waals surface area (Å²) in [5.41, 5.74) is 2.98. The molecule has 4 unspecified atom stereocenters. The predicted molar refractivity (Wildman–Crippen MR) is 78.6 cm³/mol. The van der Waals surface area contributed by atoms with Crippen LogP contribution in [0.2, 0.25) is 0 Å². The first kappa shape index (κ1) is 12.8. The molecule has 4 atom stereocenters. The lowest BCUT2D eigenvalue weighted by Gasteiger charge is -2.35. The van der Waals surface area contributed by atoms with Gasteiger partial charge in [-0.15, -0.1) is 11.3 Å². The van der Waals surface area contributed by atoms with E-state index in [9.17, 15) is 4.79 Å². The topological polar surface area (TPSA) is 45.2 Å². The minimum Gasteiger partial charge on any atom is -0.338 e. The van der Waals surface area contributed by atoms with Gasteiger partial charge in [0.2, 0.25) is 5.91 Å². The molecule has 2 fully saturated rings. The van der Waals surface area contributed by atoms with Gasteiger partial charge in [0.25, 0.3) is 0 Å². The Morgan fingerprint density at radius 1 is 1.35 bits per heavy atom. The first-order chi connectivity index (χ1) is 9.78. The van der Waals surface area contributed by atoms with Crippen LogP contribution >= 0.6 is 11.3 Å². The molecule has 1 amide bonds. The molecule has 1 aromatic heterocycles. The third-order valence-corrected chi connectivity index (χ3v) is 6.23. The monoisotopic (exact) mass is 291 g/mol. The Hall–Kier alpha value is -0.940. The summed E-state index contributed by atoms with van der Waals surface area (Å²) in [5, 5.41) is 3.21. The lowest BCUT2D eigenvalue weighted by atomic mass is 9.94. The van der Waals surface area contributed by atoms with E-state index in [2.05, 4.69) is 15.2 Å². The minimum atomic E-state index is -0.183. The molecule has 4 nitrogen and oxygen atoms in total. The number of fused-ring (bicyclic) bond motifs is 2. The van der Waals surface area contributed by atoms with Crippen molar-refractivity contribution >= 4 is 17.2 Å². The first-order valence-corrected chi connectivity index (χ1v) is 8.56. The van der Waals surface area contributed by atoms with Gasteiger partial charge in [0, 0.05) is 19.0 Å². The van der Waals surface area contributed by atoms with E-state index < -0.39 is 0 Å². The molecule has 5 heteroatoms. The smallest absolute Gasteiger partial charge is 0.245 e. The highest BCUT2D eigenvalue weighted by Gasteiger charge is 2.45. The van der Waals surface area contributed by atoms with Crippen molar-refractivity contribution in [3.8, 4) is 0 Å². The number of carbonyl (C=O) groups is 1. The molecular formula is C15H21N3OS. The van der Waals surface area contributed by atoms with E-state index in [0.717, 1.165) is 35.4 Å². The zero-order chi connectivity index (χ0) is 13.7. The lowest BCUT2D eigenvalue weighted by Crippen LogP contribution is -2.46. The fourth-order valence-electron chi connectivity index (χ4n) is 4.04. The molecule has 0 bridgehead atoms. The molecule has 0 spiro atoms. The zero-order valence-corrected chi connectivity index (χ0v) is 12.7. The van der Waals surface area contributed by atoms with Crippen LogP contribution in [0.15, 0.2) is 5.51 Å². The maximum absolute atomic E-state index is 12.9. The summed E-state index contributed by atoms with van der Waals surface area (Å²) in [7, 11) is 1.88. The van der Waals surface area contributed by atoms with Gasteiger partial charge in [0.1, 0.15) is 6.04 Å². The second-order valence-corrected chi connectivity index (χ2v) is 7.28.